The average Bonchev–Trinajstić information content (AvgIpc) is 3.37. The van der Waals surface area contributed by atoms with Gasteiger partial charge in [-0.1, -0.05) is 86.6 Å². The van der Waals surface area contributed by atoms with E-state index in [0.29, 0.717) is 0 Å². The molecule has 4 heteroatoms. The van der Waals surface area contributed by atoms with Gasteiger partial charge in [0.1, 0.15) is 0 Å². The van der Waals surface area contributed by atoms with Crippen LogP contribution < -0.4 is 9.80 Å². The minimum atomic E-state index is -0.169. The standard InChI is InChI=1S/C38H28N4/c1-38(2)30-18-10-12-20-33(30)41-34-24-27(40(25-13-5-3-6-14-25)26-15-7-4-8-16-26)23-29-28-17-9-11-19-32(28)42(35(29)34)37-36(41)31(38)21-22-39-37/h3-24H,1-2H3. The molecule has 0 amide bonds. The van der Waals surface area contributed by atoms with Crippen molar-refractivity contribution >= 4 is 55.9 Å². The number of benzene rings is 5. The average molecular weight is 541 g/mol. The molecule has 0 radical (unpaired) electrons. The number of para-hydroxylation sites is 4. The fourth-order valence-electron chi connectivity index (χ4n) is 7.23. The van der Waals surface area contributed by atoms with E-state index < -0.39 is 0 Å². The topological polar surface area (TPSA) is 24.3 Å². The molecule has 5 aromatic carbocycles. The van der Waals surface area contributed by atoms with Crippen LogP contribution in [-0.4, -0.2) is 9.55 Å². The van der Waals surface area contributed by atoms with E-state index in [1.165, 1.54) is 50.0 Å². The van der Waals surface area contributed by atoms with Gasteiger partial charge in [-0.25, -0.2) is 4.98 Å². The van der Waals surface area contributed by atoms with Gasteiger partial charge < -0.3 is 9.80 Å². The van der Waals surface area contributed by atoms with Crippen molar-refractivity contribution in [2.24, 2.45) is 0 Å². The summed E-state index contributed by atoms with van der Waals surface area (Å²) in [6.45, 7) is 4.67. The molecule has 0 unspecified atom stereocenters. The number of pyridine rings is 1. The molecule has 0 saturated carbocycles. The van der Waals surface area contributed by atoms with Gasteiger partial charge in [-0.2, -0.15) is 0 Å². The molecule has 0 N–H and O–H groups in total. The number of nitrogens with zero attached hydrogens (tertiary/aromatic N) is 4. The first-order valence-corrected chi connectivity index (χ1v) is 14.5. The van der Waals surface area contributed by atoms with Gasteiger partial charge in [0, 0.05) is 39.4 Å². The molecule has 2 aliphatic heterocycles. The molecule has 0 aliphatic carbocycles. The molecule has 2 aromatic heterocycles. The van der Waals surface area contributed by atoms with Gasteiger partial charge in [0.05, 0.1) is 28.1 Å². The molecule has 0 saturated heterocycles. The number of rotatable bonds is 3. The monoisotopic (exact) mass is 540 g/mol. The summed E-state index contributed by atoms with van der Waals surface area (Å²) in [6.07, 6.45) is 1.98. The highest BCUT2D eigenvalue weighted by Crippen LogP contribution is 2.58. The van der Waals surface area contributed by atoms with Crippen LogP contribution in [0.4, 0.5) is 34.1 Å². The normalized spacial score (nSPS) is 14.1. The lowest BCUT2D eigenvalue weighted by molar-refractivity contribution is 0.628. The zero-order chi connectivity index (χ0) is 28.0. The Balaban J connectivity index is 1.45. The minimum absolute atomic E-state index is 0.169. The lowest BCUT2D eigenvalue weighted by atomic mass is 9.73. The Labute approximate surface area is 244 Å². The highest BCUT2D eigenvalue weighted by atomic mass is 15.3. The second-order valence-corrected chi connectivity index (χ2v) is 11.7. The summed E-state index contributed by atoms with van der Waals surface area (Å²) in [5.74, 6) is 0.990. The van der Waals surface area contributed by atoms with Crippen LogP contribution in [0.2, 0.25) is 0 Å². The van der Waals surface area contributed by atoms with E-state index in [2.05, 4.69) is 156 Å². The van der Waals surface area contributed by atoms with Crippen molar-refractivity contribution in [2.45, 2.75) is 19.3 Å². The largest absolute Gasteiger partial charge is 0.310 e. The third-order valence-electron chi connectivity index (χ3n) is 9.09. The Morgan fingerprint density at radius 1 is 0.595 bits per heavy atom. The summed E-state index contributed by atoms with van der Waals surface area (Å²) in [5, 5.41) is 2.44. The van der Waals surface area contributed by atoms with Crippen molar-refractivity contribution in [3.05, 3.63) is 145 Å². The maximum absolute atomic E-state index is 5.06. The van der Waals surface area contributed by atoms with Gasteiger partial charge >= 0.3 is 0 Å². The molecule has 200 valence electrons. The van der Waals surface area contributed by atoms with E-state index in [-0.39, 0.29) is 5.41 Å². The molecule has 7 aromatic rings. The van der Waals surface area contributed by atoms with Crippen LogP contribution in [0.3, 0.4) is 0 Å². The number of hydrogen-bond donors (Lipinski definition) is 0. The third kappa shape index (κ3) is 2.98. The van der Waals surface area contributed by atoms with Crippen molar-refractivity contribution < 1.29 is 0 Å². The van der Waals surface area contributed by atoms with Gasteiger partial charge in [0.2, 0.25) is 0 Å². The zero-order valence-corrected chi connectivity index (χ0v) is 23.5. The Morgan fingerprint density at radius 3 is 2.02 bits per heavy atom. The lowest BCUT2D eigenvalue weighted by Gasteiger charge is -2.44. The Morgan fingerprint density at radius 2 is 1.26 bits per heavy atom. The summed E-state index contributed by atoms with van der Waals surface area (Å²) in [6, 6.07) is 45.8. The molecule has 4 heterocycles. The van der Waals surface area contributed by atoms with Crippen molar-refractivity contribution in [2.75, 3.05) is 9.80 Å². The molecule has 0 bridgehead atoms. The first-order chi connectivity index (χ1) is 20.6. The van der Waals surface area contributed by atoms with E-state index in [1.807, 2.05) is 6.20 Å². The van der Waals surface area contributed by atoms with Gasteiger partial charge in [0.15, 0.2) is 5.82 Å². The molecule has 0 fully saturated rings. The van der Waals surface area contributed by atoms with Crippen LogP contribution in [0.1, 0.15) is 25.0 Å². The lowest BCUT2D eigenvalue weighted by Crippen LogP contribution is -2.33. The van der Waals surface area contributed by atoms with E-state index in [9.17, 15) is 0 Å². The third-order valence-corrected chi connectivity index (χ3v) is 9.09. The Kier molecular flexibility index (Phi) is 4.64. The predicted octanol–water partition coefficient (Wildman–Crippen LogP) is 10.1. The van der Waals surface area contributed by atoms with Gasteiger partial charge in [0.25, 0.3) is 0 Å². The van der Waals surface area contributed by atoms with E-state index >= 15 is 0 Å². The number of hydrogen-bond acceptors (Lipinski definition) is 3. The van der Waals surface area contributed by atoms with Crippen molar-refractivity contribution in [1.82, 2.24) is 9.55 Å². The summed E-state index contributed by atoms with van der Waals surface area (Å²) >= 11 is 0. The van der Waals surface area contributed by atoms with Crippen LogP contribution in [0.5, 0.6) is 0 Å². The molecule has 0 atom stereocenters. The fraction of sp³-hybridized carbons (Fsp3) is 0.0789. The maximum atomic E-state index is 5.06. The number of anilines is 6. The summed E-state index contributed by atoms with van der Waals surface area (Å²) in [4.78, 5) is 9.89. The maximum Gasteiger partial charge on any atom is 0.162 e. The van der Waals surface area contributed by atoms with Crippen LogP contribution in [0.15, 0.2) is 134 Å². The van der Waals surface area contributed by atoms with Crippen molar-refractivity contribution in [1.29, 1.82) is 0 Å². The predicted molar refractivity (Wildman–Crippen MR) is 174 cm³/mol. The van der Waals surface area contributed by atoms with E-state index in [4.69, 9.17) is 4.98 Å². The van der Waals surface area contributed by atoms with Crippen LogP contribution in [-0.2, 0) is 5.41 Å². The summed E-state index contributed by atoms with van der Waals surface area (Å²) < 4.78 is 2.39. The second-order valence-electron chi connectivity index (χ2n) is 11.7. The first kappa shape index (κ1) is 23.4. The molecule has 4 nitrogen and oxygen atoms in total. The number of fused-ring (bicyclic) bond motifs is 7. The molecule has 42 heavy (non-hydrogen) atoms. The van der Waals surface area contributed by atoms with Gasteiger partial charge in [-0.15, -0.1) is 0 Å². The zero-order valence-electron chi connectivity index (χ0n) is 23.5. The van der Waals surface area contributed by atoms with E-state index in [0.717, 1.165) is 22.9 Å². The molecule has 0 spiro atoms. The van der Waals surface area contributed by atoms with Crippen LogP contribution in [0, 0.1) is 0 Å². The minimum Gasteiger partial charge on any atom is -0.310 e. The Bertz CT molecular complexity index is 2140. The summed E-state index contributed by atoms with van der Waals surface area (Å²) in [5.41, 5.74) is 11.7. The fourth-order valence-corrected chi connectivity index (χ4v) is 7.23. The molecule has 2 aliphatic rings. The van der Waals surface area contributed by atoms with Crippen molar-refractivity contribution in [3.63, 3.8) is 0 Å². The Hall–Kier alpha value is -5.35. The highest BCUT2D eigenvalue weighted by molar-refractivity contribution is 6.18. The van der Waals surface area contributed by atoms with Crippen LogP contribution >= 0.6 is 0 Å². The second kappa shape index (κ2) is 8.34. The first-order valence-electron chi connectivity index (χ1n) is 14.5. The molecular weight excluding hydrogens is 512 g/mol. The molecular formula is C38H28N4. The smallest absolute Gasteiger partial charge is 0.162 e. The van der Waals surface area contributed by atoms with Gasteiger partial charge in [-0.05, 0) is 65.7 Å². The van der Waals surface area contributed by atoms with Crippen LogP contribution in [0.25, 0.3) is 27.6 Å². The van der Waals surface area contributed by atoms with Crippen molar-refractivity contribution in [3.8, 4) is 5.82 Å². The summed E-state index contributed by atoms with van der Waals surface area (Å²) in [7, 11) is 0. The van der Waals surface area contributed by atoms with Gasteiger partial charge in [-0.3, -0.25) is 4.57 Å². The molecule has 9 rings (SSSR count). The van der Waals surface area contributed by atoms with E-state index in [1.54, 1.807) is 0 Å². The highest BCUT2D eigenvalue weighted by Gasteiger charge is 2.42. The quantitative estimate of drug-likeness (QED) is 0.223. The SMILES string of the molecule is CC1(C)c2ccccc2N2c3c1ccnc3-n1c3ccccc3c3cc(N(c4ccccc4)c4ccccc4)cc2c31. The number of aromatic nitrogens is 2.